The van der Waals surface area contributed by atoms with E-state index in [1.807, 2.05) is 0 Å². The van der Waals surface area contributed by atoms with Crippen molar-refractivity contribution in [2.24, 2.45) is 11.8 Å². The highest BCUT2D eigenvalue weighted by atomic mass is 16.5. The van der Waals surface area contributed by atoms with Gasteiger partial charge in [0.05, 0.1) is 6.10 Å². The molecule has 4 unspecified atom stereocenters. The van der Waals surface area contributed by atoms with Gasteiger partial charge in [0.25, 0.3) is 0 Å². The summed E-state index contributed by atoms with van der Waals surface area (Å²) in [5, 5.41) is 3.75. The minimum Gasteiger partial charge on any atom is -0.378 e. The van der Waals surface area contributed by atoms with Crippen molar-refractivity contribution in [1.29, 1.82) is 0 Å². The molecule has 1 aliphatic heterocycles. The summed E-state index contributed by atoms with van der Waals surface area (Å²) in [5.74, 6) is 1.94. The van der Waals surface area contributed by atoms with Crippen molar-refractivity contribution in [1.82, 2.24) is 5.32 Å². The first-order valence-corrected chi connectivity index (χ1v) is 8.68. The average molecular weight is 267 g/mol. The molecule has 19 heavy (non-hydrogen) atoms. The molecule has 2 nitrogen and oxygen atoms in total. The van der Waals surface area contributed by atoms with Gasteiger partial charge in [0.15, 0.2) is 0 Å². The molecule has 1 aliphatic carbocycles. The van der Waals surface area contributed by atoms with Crippen molar-refractivity contribution >= 4 is 0 Å². The third-order valence-corrected chi connectivity index (χ3v) is 5.26. The summed E-state index contributed by atoms with van der Waals surface area (Å²) >= 11 is 0. The average Bonchev–Trinajstić information content (AvgIpc) is 3.09. The molecule has 0 spiro atoms. The van der Waals surface area contributed by atoms with Gasteiger partial charge < -0.3 is 10.1 Å². The van der Waals surface area contributed by atoms with Gasteiger partial charge in [-0.1, -0.05) is 26.7 Å². The largest absolute Gasteiger partial charge is 0.378 e. The molecule has 1 heterocycles. The molecule has 1 saturated carbocycles. The van der Waals surface area contributed by atoms with Gasteiger partial charge in [0, 0.05) is 12.6 Å². The van der Waals surface area contributed by atoms with E-state index in [1.165, 1.54) is 57.8 Å². The Kier molecular flexibility index (Phi) is 6.66. The van der Waals surface area contributed by atoms with Crippen LogP contribution in [0.3, 0.4) is 0 Å². The summed E-state index contributed by atoms with van der Waals surface area (Å²) < 4.78 is 5.73. The minimum atomic E-state index is 0.578. The van der Waals surface area contributed by atoms with Gasteiger partial charge in [-0.3, -0.25) is 0 Å². The number of hydrogen-bond acceptors (Lipinski definition) is 2. The second-order valence-electron chi connectivity index (χ2n) is 6.58. The van der Waals surface area contributed by atoms with Gasteiger partial charge in [0.2, 0.25) is 0 Å². The number of hydrogen-bond donors (Lipinski definition) is 1. The number of rotatable bonds is 8. The van der Waals surface area contributed by atoms with Gasteiger partial charge in [-0.25, -0.2) is 0 Å². The maximum atomic E-state index is 5.73. The van der Waals surface area contributed by atoms with E-state index in [0.717, 1.165) is 31.0 Å². The Morgan fingerprint density at radius 2 is 2.11 bits per heavy atom. The molecule has 0 aromatic rings. The first-order chi connectivity index (χ1) is 9.33. The van der Waals surface area contributed by atoms with Crippen molar-refractivity contribution in [2.45, 2.75) is 83.8 Å². The van der Waals surface area contributed by atoms with Gasteiger partial charge in [-0.2, -0.15) is 0 Å². The quantitative estimate of drug-likeness (QED) is 0.713. The lowest BCUT2D eigenvalue weighted by molar-refractivity contribution is 0.100. The Balaban J connectivity index is 1.69. The van der Waals surface area contributed by atoms with Crippen LogP contribution in [0.4, 0.5) is 0 Å². The Bertz CT molecular complexity index is 237. The molecule has 2 heteroatoms. The first kappa shape index (κ1) is 15.3. The van der Waals surface area contributed by atoms with Gasteiger partial charge in [-0.05, 0) is 63.3 Å². The van der Waals surface area contributed by atoms with E-state index in [1.54, 1.807) is 0 Å². The highest BCUT2D eigenvalue weighted by Crippen LogP contribution is 2.36. The zero-order chi connectivity index (χ0) is 13.5. The van der Waals surface area contributed by atoms with Crippen molar-refractivity contribution < 1.29 is 4.74 Å². The molecule has 1 saturated heterocycles. The van der Waals surface area contributed by atoms with Crippen LogP contribution in [0, 0.1) is 11.8 Å². The molecule has 2 aliphatic rings. The fraction of sp³-hybridized carbons (Fsp3) is 1.00. The predicted molar refractivity (Wildman–Crippen MR) is 81.4 cm³/mol. The van der Waals surface area contributed by atoms with Crippen molar-refractivity contribution in [3.8, 4) is 0 Å². The fourth-order valence-corrected chi connectivity index (χ4v) is 4.05. The summed E-state index contributed by atoms with van der Waals surface area (Å²) in [6, 6.07) is 0.767. The molecule has 0 aromatic heterocycles. The van der Waals surface area contributed by atoms with Gasteiger partial charge in [0.1, 0.15) is 0 Å². The second-order valence-corrected chi connectivity index (χ2v) is 6.58. The molecule has 0 amide bonds. The van der Waals surface area contributed by atoms with E-state index in [9.17, 15) is 0 Å². The summed E-state index contributed by atoms with van der Waals surface area (Å²) in [6.07, 6.45) is 12.9. The van der Waals surface area contributed by atoms with Crippen molar-refractivity contribution in [2.75, 3.05) is 13.2 Å². The Hall–Kier alpha value is -0.0800. The molecule has 0 radical (unpaired) electrons. The van der Waals surface area contributed by atoms with Crippen LogP contribution < -0.4 is 5.32 Å². The van der Waals surface area contributed by atoms with E-state index >= 15 is 0 Å². The summed E-state index contributed by atoms with van der Waals surface area (Å²) in [4.78, 5) is 0. The van der Waals surface area contributed by atoms with Crippen molar-refractivity contribution in [3.63, 3.8) is 0 Å². The third kappa shape index (κ3) is 4.75. The van der Waals surface area contributed by atoms with Crippen LogP contribution in [-0.4, -0.2) is 25.3 Å². The number of nitrogens with one attached hydrogen (secondary N) is 1. The fourth-order valence-electron chi connectivity index (χ4n) is 4.05. The van der Waals surface area contributed by atoms with Crippen LogP contribution in [0.1, 0.15) is 71.6 Å². The van der Waals surface area contributed by atoms with E-state index in [2.05, 4.69) is 19.2 Å². The minimum absolute atomic E-state index is 0.578. The Morgan fingerprint density at radius 3 is 2.74 bits per heavy atom. The standard InChI is InChI=1S/C17H33NO/c1-3-14-10-11-15(13-14)17(18-4-2)9-5-7-16-8-6-12-19-16/h14-18H,3-13H2,1-2H3. The first-order valence-electron chi connectivity index (χ1n) is 8.68. The number of ether oxygens (including phenoxy) is 1. The zero-order valence-corrected chi connectivity index (χ0v) is 13.0. The maximum Gasteiger partial charge on any atom is 0.0576 e. The Labute approximate surface area is 119 Å². The molecule has 2 rings (SSSR count). The summed E-state index contributed by atoms with van der Waals surface area (Å²) in [7, 11) is 0. The second kappa shape index (κ2) is 8.26. The monoisotopic (exact) mass is 267 g/mol. The summed E-state index contributed by atoms with van der Waals surface area (Å²) in [5.41, 5.74) is 0. The zero-order valence-electron chi connectivity index (χ0n) is 13.0. The molecule has 0 aromatic carbocycles. The molecular formula is C17H33NO. The lowest BCUT2D eigenvalue weighted by atomic mass is 9.91. The summed E-state index contributed by atoms with van der Waals surface area (Å²) in [6.45, 7) is 6.73. The van der Waals surface area contributed by atoms with Gasteiger partial charge >= 0.3 is 0 Å². The highest BCUT2D eigenvalue weighted by molar-refractivity contribution is 4.84. The van der Waals surface area contributed by atoms with Gasteiger partial charge in [-0.15, -0.1) is 0 Å². The molecule has 0 bridgehead atoms. The maximum absolute atomic E-state index is 5.73. The SMILES string of the molecule is CCNC(CCCC1CCCO1)C1CCC(CC)C1. The van der Waals surface area contributed by atoms with Crippen LogP contribution in [0.5, 0.6) is 0 Å². The van der Waals surface area contributed by atoms with Crippen molar-refractivity contribution in [3.05, 3.63) is 0 Å². The van der Waals surface area contributed by atoms with Crippen LogP contribution in [-0.2, 0) is 4.74 Å². The molecular weight excluding hydrogens is 234 g/mol. The topological polar surface area (TPSA) is 21.3 Å². The van der Waals surface area contributed by atoms with Crippen LogP contribution >= 0.6 is 0 Å². The third-order valence-electron chi connectivity index (χ3n) is 5.26. The lowest BCUT2D eigenvalue weighted by Crippen LogP contribution is -2.35. The molecule has 4 atom stereocenters. The molecule has 2 fully saturated rings. The molecule has 112 valence electrons. The van der Waals surface area contributed by atoms with Crippen LogP contribution in [0.25, 0.3) is 0 Å². The van der Waals surface area contributed by atoms with E-state index in [-0.39, 0.29) is 0 Å². The van der Waals surface area contributed by atoms with Crippen LogP contribution in [0.15, 0.2) is 0 Å². The lowest BCUT2D eigenvalue weighted by Gasteiger charge is -2.25. The smallest absolute Gasteiger partial charge is 0.0576 e. The van der Waals surface area contributed by atoms with E-state index < -0.39 is 0 Å². The Morgan fingerprint density at radius 1 is 1.21 bits per heavy atom. The molecule has 1 N–H and O–H groups in total. The van der Waals surface area contributed by atoms with Crippen LogP contribution in [0.2, 0.25) is 0 Å². The highest BCUT2D eigenvalue weighted by Gasteiger charge is 2.29. The normalized spacial score (nSPS) is 32.8. The van der Waals surface area contributed by atoms with E-state index in [4.69, 9.17) is 4.74 Å². The van der Waals surface area contributed by atoms with E-state index in [0.29, 0.717) is 6.10 Å². The predicted octanol–water partition coefficient (Wildman–Crippen LogP) is 4.14.